The highest BCUT2D eigenvalue weighted by atomic mass is 16.5. The third-order valence-corrected chi connectivity index (χ3v) is 4.08. The summed E-state index contributed by atoms with van der Waals surface area (Å²) in [5.41, 5.74) is 6.35. The first-order valence-electron chi connectivity index (χ1n) is 8.04. The minimum Gasteiger partial charge on any atom is -0.490 e. The molecule has 1 atom stereocenters. The number of ether oxygens (including phenoxy) is 1. The van der Waals surface area contributed by atoms with E-state index in [1.54, 1.807) is 30.3 Å². The molecule has 0 heterocycles. The number of allylic oxidation sites excluding steroid dienone is 3. The highest BCUT2D eigenvalue weighted by Crippen LogP contribution is 2.26. The van der Waals surface area contributed by atoms with Gasteiger partial charge < -0.3 is 4.74 Å². The molecule has 0 fully saturated rings. The van der Waals surface area contributed by atoms with Crippen molar-refractivity contribution in [3.8, 4) is 5.75 Å². The fourth-order valence-corrected chi connectivity index (χ4v) is 2.46. The first-order chi connectivity index (χ1) is 11.5. The van der Waals surface area contributed by atoms with Gasteiger partial charge in [0.25, 0.3) is 5.91 Å². The van der Waals surface area contributed by atoms with Crippen molar-refractivity contribution >= 4 is 11.6 Å². The van der Waals surface area contributed by atoms with Crippen molar-refractivity contribution in [2.45, 2.75) is 26.7 Å². The zero-order valence-corrected chi connectivity index (χ0v) is 14.3. The van der Waals surface area contributed by atoms with Crippen LogP contribution in [0.25, 0.3) is 0 Å². The Morgan fingerprint density at radius 2 is 2.12 bits per heavy atom. The molecule has 2 rings (SSSR count). The Labute approximate surface area is 143 Å². The predicted molar refractivity (Wildman–Crippen MR) is 98.3 cm³/mol. The van der Waals surface area contributed by atoms with Gasteiger partial charge in [0.15, 0.2) is 0 Å². The third-order valence-electron chi connectivity index (χ3n) is 4.08. The van der Waals surface area contributed by atoms with Gasteiger partial charge in [0, 0.05) is 5.56 Å². The summed E-state index contributed by atoms with van der Waals surface area (Å²) in [4.78, 5) is 12.2. The molecule has 0 saturated heterocycles. The lowest BCUT2D eigenvalue weighted by molar-refractivity contribution is 0.0954. The maximum atomic E-state index is 12.2. The van der Waals surface area contributed by atoms with Crippen LogP contribution in [-0.4, -0.2) is 18.2 Å². The van der Waals surface area contributed by atoms with Crippen LogP contribution in [0.15, 0.2) is 65.8 Å². The Hall–Kier alpha value is -2.62. The molecule has 1 unspecified atom stereocenters. The van der Waals surface area contributed by atoms with Crippen LogP contribution < -0.4 is 10.2 Å². The quantitative estimate of drug-likeness (QED) is 0.627. The van der Waals surface area contributed by atoms with Crippen molar-refractivity contribution < 1.29 is 9.53 Å². The van der Waals surface area contributed by atoms with Gasteiger partial charge in [-0.25, -0.2) is 5.43 Å². The van der Waals surface area contributed by atoms with Gasteiger partial charge >= 0.3 is 0 Å². The van der Waals surface area contributed by atoms with Gasteiger partial charge in [0.1, 0.15) is 12.4 Å². The smallest absolute Gasteiger partial charge is 0.271 e. The summed E-state index contributed by atoms with van der Waals surface area (Å²) in [7, 11) is 0. The Kier molecular flexibility index (Phi) is 6.13. The van der Waals surface area contributed by atoms with E-state index in [4.69, 9.17) is 4.74 Å². The first kappa shape index (κ1) is 17.7. The number of rotatable bonds is 6. The van der Waals surface area contributed by atoms with Crippen LogP contribution in [0.4, 0.5) is 0 Å². The van der Waals surface area contributed by atoms with E-state index in [1.807, 2.05) is 13.8 Å². The average Bonchev–Trinajstić information content (AvgIpc) is 2.59. The number of hydrazone groups is 1. The second-order valence-corrected chi connectivity index (χ2v) is 5.99. The zero-order valence-electron chi connectivity index (χ0n) is 14.3. The van der Waals surface area contributed by atoms with Gasteiger partial charge in [-0.2, -0.15) is 5.10 Å². The maximum absolute atomic E-state index is 12.2. The summed E-state index contributed by atoms with van der Waals surface area (Å²) in [5.74, 6) is 0.863. The summed E-state index contributed by atoms with van der Waals surface area (Å²) in [5, 5.41) is 4.31. The maximum Gasteiger partial charge on any atom is 0.271 e. The summed E-state index contributed by atoms with van der Waals surface area (Å²) in [6.45, 7) is 12.1. The van der Waals surface area contributed by atoms with Crippen molar-refractivity contribution in [1.29, 1.82) is 0 Å². The molecule has 0 aliphatic heterocycles. The molecule has 24 heavy (non-hydrogen) atoms. The summed E-state index contributed by atoms with van der Waals surface area (Å²) >= 11 is 0. The molecular formula is C20H24N2O2. The first-order valence-corrected chi connectivity index (χ1v) is 8.04. The van der Waals surface area contributed by atoms with E-state index in [1.165, 1.54) is 0 Å². The minimum atomic E-state index is -0.233. The summed E-state index contributed by atoms with van der Waals surface area (Å²) in [6, 6.07) is 6.95. The van der Waals surface area contributed by atoms with Gasteiger partial charge in [-0.3, -0.25) is 4.79 Å². The average molecular weight is 324 g/mol. The minimum absolute atomic E-state index is 0.233. The van der Waals surface area contributed by atoms with Crippen LogP contribution in [0.2, 0.25) is 0 Å². The van der Waals surface area contributed by atoms with Gasteiger partial charge in [-0.1, -0.05) is 30.9 Å². The lowest BCUT2D eigenvalue weighted by Crippen LogP contribution is -2.23. The molecule has 1 aromatic carbocycles. The molecule has 1 aliphatic rings. The number of amides is 1. The van der Waals surface area contributed by atoms with E-state index in [2.05, 4.69) is 29.8 Å². The SMILES string of the molecule is C=CCOc1ccc(C(=O)N/N=C2\CC(C(=C)C)CC=C2C)cc1. The van der Waals surface area contributed by atoms with Crippen LogP contribution in [0.1, 0.15) is 37.0 Å². The predicted octanol–water partition coefficient (Wildman–Crippen LogP) is 4.27. The number of nitrogens with one attached hydrogen (secondary N) is 1. The lowest BCUT2D eigenvalue weighted by atomic mass is 9.85. The van der Waals surface area contributed by atoms with E-state index in [-0.39, 0.29) is 5.91 Å². The molecule has 126 valence electrons. The van der Waals surface area contributed by atoms with Crippen LogP contribution in [0.5, 0.6) is 5.75 Å². The number of carbonyl (C=O) groups is 1. The topological polar surface area (TPSA) is 50.7 Å². The zero-order chi connectivity index (χ0) is 17.5. The van der Waals surface area contributed by atoms with Crippen LogP contribution in [-0.2, 0) is 0 Å². The monoisotopic (exact) mass is 324 g/mol. The van der Waals surface area contributed by atoms with E-state index >= 15 is 0 Å². The van der Waals surface area contributed by atoms with Crippen molar-refractivity contribution in [3.63, 3.8) is 0 Å². The van der Waals surface area contributed by atoms with Gasteiger partial charge in [-0.05, 0) is 62.4 Å². The highest BCUT2D eigenvalue weighted by molar-refractivity contribution is 6.02. The van der Waals surface area contributed by atoms with Gasteiger partial charge in [-0.15, -0.1) is 0 Å². The molecule has 0 bridgehead atoms. The second kappa shape index (κ2) is 8.29. The standard InChI is InChI=1S/C20H24N2O2/c1-5-12-24-18-10-8-16(9-11-18)20(23)22-21-19-13-17(14(2)3)7-6-15(19)4/h5-6,8-11,17H,1-2,7,12-13H2,3-4H3,(H,22,23)/b21-19+. The van der Waals surface area contributed by atoms with Crippen molar-refractivity contribution in [1.82, 2.24) is 5.43 Å². The summed E-state index contributed by atoms with van der Waals surface area (Å²) < 4.78 is 5.40. The van der Waals surface area contributed by atoms with Crippen LogP contribution in [0.3, 0.4) is 0 Å². The molecule has 1 aromatic rings. The Morgan fingerprint density at radius 3 is 2.75 bits per heavy atom. The van der Waals surface area contributed by atoms with Crippen LogP contribution >= 0.6 is 0 Å². The Balaban J connectivity index is 2.01. The fourth-order valence-electron chi connectivity index (χ4n) is 2.46. The van der Waals surface area contributed by atoms with Crippen molar-refractivity contribution in [3.05, 3.63) is 66.3 Å². The second-order valence-electron chi connectivity index (χ2n) is 5.99. The lowest BCUT2D eigenvalue weighted by Gasteiger charge is -2.22. The van der Waals surface area contributed by atoms with Crippen molar-refractivity contribution in [2.24, 2.45) is 11.0 Å². The van der Waals surface area contributed by atoms with E-state index < -0.39 is 0 Å². The molecule has 0 spiro atoms. The van der Waals surface area contributed by atoms with Gasteiger partial charge in [0.2, 0.25) is 0 Å². The Morgan fingerprint density at radius 1 is 1.42 bits per heavy atom. The normalized spacial score (nSPS) is 18.7. The van der Waals surface area contributed by atoms with E-state index in [0.29, 0.717) is 23.8 Å². The molecule has 0 aromatic heterocycles. The third kappa shape index (κ3) is 4.69. The number of hydrogen-bond acceptors (Lipinski definition) is 3. The number of benzene rings is 1. The summed E-state index contributed by atoms with van der Waals surface area (Å²) in [6.07, 6.45) is 5.63. The molecular weight excluding hydrogens is 300 g/mol. The van der Waals surface area contributed by atoms with E-state index in [9.17, 15) is 4.79 Å². The van der Waals surface area contributed by atoms with Gasteiger partial charge in [0.05, 0.1) is 5.71 Å². The highest BCUT2D eigenvalue weighted by Gasteiger charge is 2.18. The molecule has 1 amide bonds. The fraction of sp³-hybridized carbons (Fsp3) is 0.300. The molecule has 1 N–H and O–H groups in total. The number of nitrogens with zero attached hydrogens (tertiary/aromatic N) is 1. The molecule has 0 radical (unpaired) electrons. The molecule has 4 heteroatoms. The largest absolute Gasteiger partial charge is 0.490 e. The number of hydrogen-bond donors (Lipinski definition) is 1. The molecule has 4 nitrogen and oxygen atoms in total. The van der Waals surface area contributed by atoms with E-state index in [0.717, 1.165) is 29.7 Å². The van der Waals surface area contributed by atoms with Crippen LogP contribution in [0, 0.1) is 5.92 Å². The Bertz CT molecular complexity index is 684. The number of carbonyl (C=O) groups excluding carboxylic acids is 1. The van der Waals surface area contributed by atoms with Crippen molar-refractivity contribution in [2.75, 3.05) is 6.61 Å². The molecule has 1 aliphatic carbocycles. The molecule has 0 saturated carbocycles.